The lowest BCUT2D eigenvalue weighted by Crippen LogP contribution is -2.34. The number of nitrogens with one attached hydrogen (secondary N) is 1. The molecule has 3 N–H and O–H groups in total. The van der Waals surface area contributed by atoms with Crippen molar-refractivity contribution in [2.75, 3.05) is 11.5 Å². The number of rotatable bonds is 9. The molecule has 4 nitrogen and oxygen atoms in total. The van der Waals surface area contributed by atoms with Gasteiger partial charge >= 0.3 is 0 Å². The zero-order valence-electron chi connectivity index (χ0n) is 12.3. The van der Waals surface area contributed by atoms with Crippen LogP contribution in [-0.4, -0.2) is 31.0 Å². The molecule has 118 valence electrons. The van der Waals surface area contributed by atoms with E-state index in [0.717, 1.165) is 17.9 Å². The molecule has 1 atom stereocenters. The fourth-order valence-corrected chi connectivity index (χ4v) is 4.39. The third-order valence-electron chi connectivity index (χ3n) is 2.91. The van der Waals surface area contributed by atoms with Gasteiger partial charge in [0.25, 0.3) is 0 Å². The van der Waals surface area contributed by atoms with Crippen molar-refractivity contribution in [1.29, 1.82) is 0 Å². The summed E-state index contributed by atoms with van der Waals surface area (Å²) in [6.07, 6.45) is 0.814. The highest BCUT2D eigenvalue weighted by atomic mass is 32.2. The molecule has 0 aliphatic carbocycles. The Bertz CT molecular complexity index is 573. The van der Waals surface area contributed by atoms with Gasteiger partial charge in [0.05, 0.1) is 5.75 Å². The van der Waals surface area contributed by atoms with E-state index in [9.17, 15) is 8.42 Å². The normalized spacial score (nSPS) is 13.0. The largest absolute Gasteiger partial charge is 0.389 e. The highest BCUT2D eigenvalue weighted by Crippen LogP contribution is 2.13. The van der Waals surface area contributed by atoms with E-state index in [1.165, 1.54) is 0 Å². The van der Waals surface area contributed by atoms with Crippen LogP contribution >= 0.6 is 24.0 Å². The van der Waals surface area contributed by atoms with Gasteiger partial charge in [-0.2, -0.15) is 11.8 Å². The van der Waals surface area contributed by atoms with Crippen LogP contribution in [0, 0.1) is 0 Å². The fourth-order valence-electron chi connectivity index (χ4n) is 1.90. The Morgan fingerprint density at radius 1 is 1.43 bits per heavy atom. The maximum atomic E-state index is 12.2. The maximum absolute atomic E-state index is 12.2. The molecule has 21 heavy (non-hydrogen) atoms. The molecule has 1 aromatic rings. The summed E-state index contributed by atoms with van der Waals surface area (Å²) < 4.78 is 27.1. The highest BCUT2D eigenvalue weighted by Gasteiger charge is 2.17. The van der Waals surface area contributed by atoms with Gasteiger partial charge in [-0.05, 0) is 30.4 Å². The van der Waals surface area contributed by atoms with Crippen molar-refractivity contribution in [2.45, 2.75) is 32.1 Å². The summed E-state index contributed by atoms with van der Waals surface area (Å²) in [5.74, 6) is 1.89. The first kappa shape index (κ1) is 18.4. The van der Waals surface area contributed by atoms with Crippen molar-refractivity contribution in [3.63, 3.8) is 0 Å². The lowest BCUT2D eigenvalue weighted by atomic mass is 10.1. The first-order chi connectivity index (χ1) is 9.85. The van der Waals surface area contributed by atoms with E-state index in [1.807, 2.05) is 6.92 Å². The molecule has 0 saturated heterocycles. The van der Waals surface area contributed by atoms with Gasteiger partial charge in [-0.15, -0.1) is 0 Å². The van der Waals surface area contributed by atoms with Crippen LogP contribution < -0.4 is 10.5 Å². The van der Waals surface area contributed by atoms with E-state index in [0.29, 0.717) is 11.1 Å². The lowest BCUT2D eigenvalue weighted by Gasteiger charge is -2.15. The van der Waals surface area contributed by atoms with E-state index in [-0.39, 0.29) is 16.8 Å². The highest BCUT2D eigenvalue weighted by molar-refractivity contribution is 7.99. The van der Waals surface area contributed by atoms with Crippen LogP contribution in [0.25, 0.3) is 0 Å². The van der Waals surface area contributed by atoms with Crippen molar-refractivity contribution < 1.29 is 8.42 Å². The summed E-state index contributed by atoms with van der Waals surface area (Å²) in [5.41, 5.74) is 6.88. The standard InChI is InChI=1S/C14H22N2O2S3/c1-3-20-9-8-11(2)16-21(17,18)10-12-6-4-5-7-13(12)14(15)19/h4-7,11,16H,3,8-10H2,1-2H3,(H2,15,19). The zero-order chi connectivity index (χ0) is 15.9. The molecule has 0 aromatic heterocycles. The minimum atomic E-state index is -3.40. The number of hydrogen-bond donors (Lipinski definition) is 2. The molecule has 0 aliphatic heterocycles. The summed E-state index contributed by atoms with van der Waals surface area (Å²) in [7, 11) is -3.40. The Kier molecular flexibility index (Phi) is 7.65. The quantitative estimate of drug-likeness (QED) is 0.530. The predicted octanol–water partition coefficient (Wildman–Crippen LogP) is 2.27. The van der Waals surface area contributed by atoms with Crippen LogP contribution in [0.15, 0.2) is 24.3 Å². The third kappa shape index (κ3) is 6.78. The van der Waals surface area contributed by atoms with Crippen LogP contribution in [0.5, 0.6) is 0 Å². The summed E-state index contributed by atoms with van der Waals surface area (Å²) in [5, 5.41) is 0. The van der Waals surface area contributed by atoms with Crippen molar-refractivity contribution in [3.8, 4) is 0 Å². The fraction of sp³-hybridized carbons (Fsp3) is 0.500. The number of nitrogens with two attached hydrogens (primary N) is 1. The smallest absolute Gasteiger partial charge is 0.216 e. The number of hydrogen-bond acceptors (Lipinski definition) is 4. The molecule has 0 saturated carbocycles. The Morgan fingerprint density at radius 3 is 2.71 bits per heavy atom. The molecule has 0 amide bonds. The molecule has 1 aromatic carbocycles. The van der Waals surface area contributed by atoms with Crippen LogP contribution in [0.2, 0.25) is 0 Å². The second kappa shape index (κ2) is 8.73. The molecule has 0 spiro atoms. The van der Waals surface area contributed by atoms with E-state index in [4.69, 9.17) is 18.0 Å². The van der Waals surface area contributed by atoms with Gasteiger partial charge in [0.2, 0.25) is 10.0 Å². The Labute approximate surface area is 136 Å². The van der Waals surface area contributed by atoms with Crippen LogP contribution in [0.4, 0.5) is 0 Å². The first-order valence-electron chi connectivity index (χ1n) is 6.81. The molecule has 0 aliphatic rings. The van der Waals surface area contributed by atoms with Gasteiger partial charge in [-0.25, -0.2) is 13.1 Å². The Balaban J connectivity index is 2.70. The maximum Gasteiger partial charge on any atom is 0.216 e. The zero-order valence-corrected chi connectivity index (χ0v) is 14.8. The molecule has 0 heterocycles. The van der Waals surface area contributed by atoms with Gasteiger partial charge in [0, 0.05) is 11.6 Å². The van der Waals surface area contributed by atoms with Crippen molar-refractivity contribution in [2.24, 2.45) is 5.73 Å². The van der Waals surface area contributed by atoms with Crippen molar-refractivity contribution in [3.05, 3.63) is 35.4 Å². The minimum absolute atomic E-state index is 0.0777. The number of thiocarbonyl (C=S) groups is 1. The Morgan fingerprint density at radius 2 is 2.10 bits per heavy atom. The second-order valence-electron chi connectivity index (χ2n) is 4.78. The summed E-state index contributed by atoms with van der Waals surface area (Å²) in [6.45, 7) is 3.97. The van der Waals surface area contributed by atoms with Gasteiger partial charge in [0.15, 0.2) is 0 Å². The summed E-state index contributed by atoms with van der Waals surface area (Å²) in [6, 6.07) is 6.99. The first-order valence-corrected chi connectivity index (χ1v) is 10.0. The average Bonchev–Trinajstić information content (AvgIpc) is 2.38. The van der Waals surface area contributed by atoms with E-state index < -0.39 is 10.0 Å². The molecule has 7 heteroatoms. The van der Waals surface area contributed by atoms with Gasteiger partial charge in [0.1, 0.15) is 4.99 Å². The molecular formula is C14H22N2O2S3. The number of sulfonamides is 1. The molecule has 0 fully saturated rings. The molecular weight excluding hydrogens is 324 g/mol. The lowest BCUT2D eigenvalue weighted by molar-refractivity contribution is 0.556. The van der Waals surface area contributed by atoms with E-state index in [1.54, 1.807) is 36.0 Å². The summed E-state index contributed by atoms with van der Waals surface area (Å²) in [4.78, 5) is 0.216. The van der Waals surface area contributed by atoms with Crippen LogP contribution in [0.1, 0.15) is 31.4 Å². The Hall–Kier alpha value is -0.630. The van der Waals surface area contributed by atoms with E-state index in [2.05, 4.69) is 11.6 Å². The van der Waals surface area contributed by atoms with Crippen molar-refractivity contribution >= 4 is 39.0 Å². The molecule has 1 rings (SSSR count). The third-order valence-corrected chi connectivity index (χ3v) is 5.51. The van der Waals surface area contributed by atoms with E-state index >= 15 is 0 Å². The monoisotopic (exact) mass is 346 g/mol. The minimum Gasteiger partial charge on any atom is -0.389 e. The van der Waals surface area contributed by atoms with Crippen LogP contribution in [-0.2, 0) is 15.8 Å². The average molecular weight is 347 g/mol. The van der Waals surface area contributed by atoms with Crippen molar-refractivity contribution in [1.82, 2.24) is 4.72 Å². The summed E-state index contributed by atoms with van der Waals surface area (Å²) >= 11 is 6.76. The number of benzene rings is 1. The SMILES string of the molecule is CCSCCC(C)NS(=O)(=O)Cc1ccccc1C(N)=S. The van der Waals surface area contributed by atoms with Gasteiger partial charge in [-0.1, -0.05) is 43.4 Å². The second-order valence-corrected chi connectivity index (χ2v) is 8.37. The van der Waals surface area contributed by atoms with Crippen LogP contribution in [0.3, 0.4) is 0 Å². The van der Waals surface area contributed by atoms with Gasteiger partial charge < -0.3 is 5.73 Å². The molecule has 0 radical (unpaired) electrons. The predicted molar refractivity (Wildman–Crippen MR) is 95.2 cm³/mol. The van der Waals surface area contributed by atoms with Gasteiger partial charge in [-0.3, -0.25) is 0 Å². The topological polar surface area (TPSA) is 72.2 Å². The molecule has 0 bridgehead atoms. The molecule has 1 unspecified atom stereocenters. The number of thioether (sulfide) groups is 1.